The number of carbonyl (C=O) groups excluding carboxylic acids is 3. The second-order valence-corrected chi connectivity index (χ2v) is 8.39. The summed E-state index contributed by atoms with van der Waals surface area (Å²) in [5.41, 5.74) is 2.15. The number of nitrogens with one attached hydrogen (secondary N) is 1. The van der Waals surface area contributed by atoms with Crippen LogP contribution in [0, 0.1) is 0 Å². The van der Waals surface area contributed by atoms with Crippen molar-refractivity contribution >= 4 is 46.3 Å². The lowest BCUT2D eigenvalue weighted by Crippen LogP contribution is -2.36. The number of phenolic OH excluding ortho intramolecular Hbond substituents is 1. The number of amides is 3. The van der Waals surface area contributed by atoms with E-state index in [2.05, 4.69) is 10.2 Å². The summed E-state index contributed by atoms with van der Waals surface area (Å²) in [5.74, 6) is -0.808. The maximum Gasteiger partial charge on any atom is 0.294 e. The highest BCUT2D eigenvalue weighted by atomic mass is 32.2. The van der Waals surface area contributed by atoms with Gasteiger partial charge in [0.2, 0.25) is 5.91 Å². The molecule has 2 saturated heterocycles. The highest BCUT2D eigenvalue weighted by molar-refractivity contribution is 8.18. The number of methoxy groups -OCH3 is 1. The third-order valence-corrected chi connectivity index (χ3v) is 6.11. The van der Waals surface area contributed by atoms with Crippen LogP contribution in [0.25, 0.3) is 6.08 Å². The molecule has 0 radical (unpaired) electrons. The molecule has 172 valence electrons. The summed E-state index contributed by atoms with van der Waals surface area (Å²) in [6.45, 7) is 2.61. The van der Waals surface area contributed by atoms with Crippen molar-refractivity contribution in [3.8, 4) is 11.5 Å². The molecule has 2 heterocycles. The van der Waals surface area contributed by atoms with Crippen LogP contribution >= 0.6 is 11.8 Å². The Labute approximate surface area is 195 Å². The summed E-state index contributed by atoms with van der Waals surface area (Å²) in [6, 6.07) is 12.0. The maximum absolute atomic E-state index is 12.7. The first kappa shape index (κ1) is 22.7. The van der Waals surface area contributed by atoms with E-state index < -0.39 is 17.1 Å². The van der Waals surface area contributed by atoms with Crippen molar-refractivity contribution < 1.29 is 29.0 Å². The zero-order chi connectivity index (χ0) is 23.4. The topological polar surface area (TPSA) is 108 Å². The molecule has 0 aliphatic carbocycles. The Morgan fingerprint density at radius 1 is 1.18 bits per heavy atom. The maximum atomic E-state index is 12.7. The normalized spacial score (nSPS) is 17.5. The first-order valence-corrected chi connectivity index (χ1v) is 11.1. The molecule has 2 aromatic rings. The first-order chi connectivity index (χ1) is 15.9. The number of thioether (sulfide) groups is 1. The van der Waals surface area contributed by atoms with Gasteiger partial charge < -0.3 is 24.8 Å². The minimum absolute atomic E-state index is 0.0792. The van der Waals surface area contributed by atoms with Gasteiger partial charge >= 0.3 is 0 Å². The fourth-order valence-electron chi connectivity index (χ4n) is 3.51. The zero-order valence-electron chi connectivity index (χ0n) is 17.9. The number of rotatable bonds is 6. The van der Waals surface area contributed by atoms with Gasteiger partial charge in [0.1, 0.15) is 6.54 Å². The third kappa shape index (κ3) is 5.29. The summed E-state index contributed by atoms with van der Waals surface area (Å²) in [4.78, 5) is 40.7. The van der Waals surface area contributed by atoms with E-state index in [1.165, 1.54) is 19.3 Å². The lowest BCUT2D eigenvalue weighted by atomic mass is 10.2. The molecule has 0 bridgehead atoms. The van der Waals surface area contributed by atoms with Crippen LogP contribution in [0.2, 0.25) is 0 Å². The summed E-state index contributed by atoms with van der Waals surface area (Å²) >= 11 is 0.748. The number of nitrogens with zero attached hydrogens (tertiary/aromatic N) is 2. The smallest absolute Gasteiger partial charge is 0.294 e. The van der Waals surface area contributed by atoms with E-state index in [0.717, 1.165) is 35.4 Å². The lowest BCUT2D eigenvalue weighted by Gasteiger charge is -2.28. The van der Waals surface area contributed by atoms with Gasteiger partial charge in [-0.1, -0.05) is 6.07 Å². The molecule has 2 N–H and O–H groups in total. The monoisotopic (exact) mass is 469 g/mol. The number of carbonyl (C=O) groups is 3. The second kappa shape index (κ2) is 9.97. The summed E-state index contributed by atoms with van der Waals surface area (Å²) < 4.78 is 10.4. The van der Waals surface area contributed by atoms with Gasteiger partial charge in [-0.25, -0.2) is 0 Å². The number of anilines is 2. The second-order valence-electron chi connectivity index (χ2n) is 7.39. The van der Waals surface area contributed by atoms with Gasteiger partial charge in [0.05, 0.1) is 25.2 Å². The Balaban J connectivity index is 1.37. The van der Waals surface area contributed by atoms with Crippen LogP contribution in [0.4, 0.5) is 16.2 Å². The van der Waals surface area contributed by atoms with Gasteiger partial charge in [0.25, 0.3) is 11.1 Å². The molecule has 0 saturated carbocycles. The summed E-state index contributed by atoms with van der Waals surface area (Å²) in [7, 11) is 1.43. The highest BCUT2D eigenvalue weighted by Gasteiger charge is 2.36. The molecule has 0 aromatic heterocycles. The van der Waals surface area contributed by atoms with Crippen molar-refractivity contribution in [2.45, 2.75) is 0 Å². The fraction of sp³-hybridized carbons (Fsp3) is 0.261. The molecule has 10 heteroatoms. The van der Waals surface area contributed by atoms with E-state index >= 15 is 0 Å². The molecule has 3 amide bonds. The molecular weight excluding hydrogens is 446 g/mol. The van der Waals surface area contributed by atoms with Crippen LogP contribution in [0.15, 0.2) is 47.4 Å². The molecule has 9 nitrogen and oxygen atoms in total. The fourth-order valence-corrected chi connectivity index (χ4v) is 4.34. The van der Waals surface area contributed by atoms with Gasteiger partial charge in [-0.2, -0.15) is 0 Å². The van der Waals surface area contributed by atoms with Crippen LogP contribution < -0.4 is 15.0 Å². The minimum Gasteiger partial charge on any atom is -0.504 e. The van der Waals surface area contributed by atoms with Crippen molar-refractivity contribution in [1.29, 1.82) is 0 Å². The third-order valence-electron chi connectivity index (χ3n) is 5.20. The number of ether oxygens (including phenoxy) is 2. The number of hydrogen-bond acceptors (Lipinski definition) is 8. The highest BCUT2D eigenvalue weighted by Crippen LogP contribution is 2.34. The molecule has 0 unspecified atom stereocenters. The zero-order valence-corrected chi connectivity index (χ0v) is 18.8. The van der Waals surface area contributed by atoms with Crippen LogP contribution in [0.1, 0.15) is 5.56 Å². The van der Waals surface area contributed by atoms with Crippen molar-refractivity contribution in [3.05, 3.63) is 52.9 Å². The number of aromatic hydroxyl groups is 1. The van der Waals surface area contributed by atoms with Gasteiger partial charge in [-0.05, 0) is 59.8 Å². The van der Waals surface area contributed by atoms with Crippen LogP contribution in [-0.2, 0) is 14.3 Å². The minimum atomic E-state index is -0.557. The molecule has 2 aliphatic heterocycles. The molecule has 33 heavy (non-hydrogen) atoms. The molecule has 2 fully saturated rings. The Bertz CT molecular complexity index is 1100. The number of hydrogen-bond donors (Lipinski definition) is 2. The molecule has 0 atom stereocenters. The molecular formula is C23H23N3O6S. The van der Waals surface area contributed by atoms with E-state index in [1.807, 2.05) is 12.1 Å². The van der Waals surface area contributed by atoms with Gasteiger partial charge in [-0.3, -0.25) is 19.3 Å². The van der Waals surface area contributed by atoms with Crippen molar-refractivity contribution in [1.82, 2.24) is 4.90 Å². The Kier molecular flexibility index (Phi) is 6.85. The Hall–Kier alpha value is -3.50. The van der Waals surface area contributed by atoms with Crippen molar-refractivity contribution in [3.63, 3.8) is 0 Å². The van der Waals surface area contributed by atoms with Crippen LogP contribution in [-0.4, -0.2) is 67.0 Å². The number of benzene rings is 2. The Morgan fingerprint density at radius 2 is 1.91 bits per heavy atom. The predicted molar refractivity (Wildman–Crippen MR) is 125 cm³/mol. The number of morpholine rings is 1. The van der Waals surface area contributed by atoms with E-state index in [1.54, 1.807) is 24.3 Å². The quantitative estimate of drug-likeness (QED) is 0.622. The predicted octanol–water partition coefficient (Wildman–Crippen LogP) is 2.91. The Morgan fingerprint density at radius 3 is 2.58 bits per heavy atom. The number of imide groups is 1. The van der Waals surface area contributed by atoms with Crippen molar-refractivity contribution in [2.75, 3.05) is 50.2 Å². The van der Waals surface area contributed by atoms with Gasteiger partial charge in [-0.15, -0.1) is 0 Å². The molecule has 0 spiro atoms. The standard InChI is InChI=1S/C23H23N3O6S/c1-31-19-7-2-15(12-18(19)27)13-20-22(29)26(23(30)33-20)14-21(28)24-16-3-5-17(6-4-16)25-8-10-32-11-9-25/h2-7,12-13,27H,8-11,14H2,1H3,(H,24,28)/b20-13+. The van der Waals surface area contributed by atoms with Gasteiger partial charge in [0, 0.05) is 24.5 Å². The van der Waals surface area contributed by atoms with Crippen LogP contribution in [0.5, 0.6) is 11.5 Å². The summed E-state index contributed by atoms with van der Waals surface area (Å²) in [5, 5.41) is 12.1. The van der Waals surface area contributed by atoms with E-state index in [-0.39, 0.29) is 17.2 Å². The number of phenols is 1. The van der Waals surface area contributed by atoms with E-state index in [9.17, 15) is 19.5 Å². The summed E-state index contributed by atoms with van der Waals surface area (Å²) in [6.07, 6.45) is 1.49. The van der Waals surface area contributed by atoms with Crippen LogP contribution in [0.3, 0.4) is 0 Å². The molecule has 4 rings (SSSR count). The van der Waals surface area contributed by atoms with E-state index in [0.29, 0.717) is 30.2 Å². The SMILES string of the molecule is COc1ccc(/C=C2/SC(=O)N(CC(=O)Nc3ccc(N4CCOCC4)cc3)C2=O)cc1O. The largest absolute Gasteiger partial charge is 0.504 e. The van der Waals surface area contributed by atoms with E-state index in [4.69, 9.17) is 9.47 Å². The first-order valence-electron chi connectivity index (χ1n) is 10.3. The lowest BCUT2D eigenvalue weighted by molar-refractivity contribution is -0.127. The average molecular weight is 470 g/mol. The van der Waals surface area contributed by atoms with Crippen molar-refractivity contribution in [2.24, 2.45) is 0 Å². The van der Waals surface area contributed by atoms with Gasteiger partial charge in [0.15, 0.2) is 11.5 Å². The molecule has 2 aromatic carbocycles. The molecule has 2 aliphatic rings. The average Bonchev–Trinajstić information content (AvgIpc) is 3.07.